The Hall–Kier alpha value is -4.11. The van der Waals surface area contributed by atoms with Crippen molar-refractivity contribution >= 4 is 21.4 Å². The Bertz CT molecular complexity index is 1510. The van der Waals surface area contributed by atoms with Crippen LogP contribution in [-0.4, -0.2) is 42.6 Å². The summed E-state index contributed by atoms with van der Waals surface area (Å²) in [7, 11) is -1.68. The summed E-state index contributed by atoms with van der Waals surface area (Å²) < 4.78 is 28.9. The summed E-state index contributed by atoms with van der Waals surface area (Å²) in [5, 5.41) is 2.92. The first-order chi connectivity index (χ1) is 17.7. The smallest absolute Gasteiger partial charge is 0.257 e. The van der Waals surface area contributed by atoms with Gasteiger partial charge in [0.25, 0.3) is 5.91 Å². The number of carbonyl (C=O) groups excluding carboxylic acids is 1. The fourth-order valence-electron chi connectivity index (χ4n) is 4.00. The van der Waals surface area contributed by atoms with E-state index >= 15 is 0 Å². The second-order valence-corrected chi connectivity index (χ2v) is 11.1. The zero-order valence-corrected chi connectivity index (χ0v) is 21.7. The number of pyridine rings is 1. The van der Waals surface area contributed by atoms with Crippen molar-refractivity contribution in [1.29, 1.82) is 0 Å². The molecule has 8 nitrogen and oxygen atoms in total. The lowest BCUT2D eigenvalue weighted by Crippen LogP contribution is -2.12. The molecule has 0 aliphatic carbocycles. The van der Waals surface area contributed by atoms with E-state index in [9.17, 15) is 13.2 Å². The molecule has 0 aliphatic rings. The number of nitrogens with one attached hydrogen (secondary N) is 1. The lowest BCUT2D eigenvalue weighted by atomic mass is 9.95. The van der Waals surface area contributed by atoms with Gasteiger partial charge in [-0.05, 0) is 48.2 Å². The number of nitrogens with zero attached hydrogens (tertiary/aromatic N) is 3. The van der Waals surface area contributed by atoms with Gasteiger partial charge in [0.1, 0.15) is 5.75 Å². The quantitative estimate of drug-likeness (QED) is 0.343. The van der Waals surface area contributed by atoms with Crippen LogP contribution in [0.25, 0.3) is 11.3 Å². The van der Waals surface area contributed by atoms with E-state index < -0.39 is 9.84 Å². The number of benzene rings is 2. The summed E-state index contributed by atoms with van der Waals surface area (Å²) in [4.78, 5) is 25.6. The molecule has 2 aromatic carbocycles. The van der Waals surface area contributed by atoms with E-state index in [0.717, 1.165) is 16.8 Å². The van der Waals surface area contributed by atoms with Gasteiger partial charge in [-0.1, -0.05) is 31.2 Å². The van der Waals surface area contributed by atoms with Crippen molar-refractivity contribution in [1.82, 2.24) is 15.0 Å². The van der Waals surface area contributed by atoms with E-state index in [0.29, 0.717) is 34.7 Å². The third-order valence-corrected chi connectivity index (χ3v) is 6.67. The van der Waals surface area contributed by atoms with Gasteiger partial charge < -0.3 is 10.1 Å². The molecule has 4 rings (SSSR count). The number of methoxy groups -OCH3 is 1. The molecule has 1 atom stereocenters. The van der Waals surface area contributed by atoms with E-state index in [1.165, 1.54) is 19.6 Å². The van der Waals surface area contributed by atoms with Crippen LogP contribution in [0.3, 0.4) is 0 Å². The molecule has 1 N–H and O–H groups in total. The van der Waals surface area contributed by atoms with Gasteiger partial charge in [0, 0.05) is 41.7 Å². The highest BCUT2D eigenvalue weighted by molar-refractivity contribution is 7.89. The molecule has 0 radical (unpaired) electrons. The molecule has 4 aromatic rings. The summed E-state index contributed by atoms with van der Waals surface area (Å²) in [5.41, 5.74) is 5.13. The third kappa shape index (κ3) is 6.98. The standard InChI is InChI=1S/C28H28N4O4S/c1-19(20-6-4-8-24(13-20)32-28(33)22-7-5-11-29-15-22)12-25-16-30-17-26(31-25)21-9-10-23(18-37(3,34)35)27(14-21)36-2/h4-11,13-17,19H,12,18H2,1-3H3,(H,32,33)/t19-/m1/s1. The van der Waals surface area contributed by atoms with Gasteiger partial charge in [0.15, 0.2) is 9.84 Å². The van der Waals surface area contributed by atoms with Gasteiger partial charge in [-0.25, -0.2) is 13.4 Å². The van der Waals surface area contributed by atoms with Gasteiger partial charge in [0.05, 0.1) is 36.0 Å². The second kappa shape index (κ2) is 11.3. The molecule has 0 unspecified atom stereocenters. The van der Waals surface area contributed by atoms with Gasteiger partial charge >= 0.3 is 0 Å². The minimum Gasteiger partial charge on any atom is -0.496 e. The van der Waals surface area contributed by atoms with Crippen molar-refractivity contribution < 1.29 is 17.9 Å². The normalized spacial score (nSPS) is 12.1. The van der Waals surface area contributed by atoms with E-state index in [2.05, 4.69) is 22.2 Å². The average molecular weight is 517 g/mol. The Kier molecular flexibility index (Phi) is 7.93. The summed E-state index contributed by atoms with van der Waals surface area (Å²) in [6, 6.07) is 16.5. The van der Waals surface area contributed by atoms with Crippen LogP contribution in [0.2, 0.25) is 0 Å². The van der Waals surface area contributed by atoms with Crippen LogP contribution in [0.15, 0.2) is 79.4 Å². The lowest BCUT2D eigenvalue weighted by Gasteiger charge is -2.14. The Morgan fingerprint density at radius 1 is 1.03 bits per heavy atom. The zero-order valence-electron chi connectivity index (χ0n) is 20.9. The summed E-state index contributed by atoms with van der Waals surface area (Å²) in [5.74, 6) is 0.302. The van der Waals surface area contributed by atoms with Crippen LogP contribution >= 0.6 is 0 Å². The molecular weight excluding hydrogens is 488 g/mol. The summed E-state index contributed by atoms with van der Waals surface area (Å²) in [6.07, 6.45) is 8.41. The maximum Gasteiger partial charge on any atom is 0.257 e. The largest absolute Gasteiger partial charge is 0.496 e. The van der Waals surface area contributed by atoms with Crippen molar-refractivity contribution in [3.63, 3.8) is 0 Å². The Labute approximate surface area is 216 Å². The molecule has 2 heterocycles. The topological polar surface area (TPSA) is 111 Å². The molecule has 0 fully saturated rings. The molecule has 2 aromatic heterocycles. The first kappa shape index (κ1) is 26.0. The molecule has 0 spiro atoms. The number of aromatic nitrogens is 3. The Morgan fingerprint density at radius 2 is 1.86 bits per heavy atom. The van der Waals surface area contributed by atoms with E-state index in [1.807, 2.05) is 30.3 Å². The number of carbonyl (C=O) groups is 1. The average Bonchev–Trinajstić information content (AvgIpc) is 2.89. The molecule has 0 saturated heterocycles. The molecule has 0 bridgehead atoms. The van der Waals surface area contributed by atoms with Crippen LogP contribution in [0.1, 0.15) is 40.0 Å². The molecule has 190 valence electrons. The SMILES string of the molecule is COc1cc(-c2cncc(C[C@@H](C)c3cccc(NC(=O)c4cccnc4)c3)n2)ccc1CS(C)(=O)=O. The highest BCUT2D eigenvalue weighted by Gasteiger charge is 2.14. The predicted octanol–water partition coefficient (Wildman–Crippen LogP) is 4.69. The van der Waals surface area contributed by atoms with Gasteiger partial charge in [-0.15, -0.1) is 0 Å². The van der Waals surface area contributed by atoms with Crippen LogP contribution in [-0.2, 0) is 22.0 Å². The van der Waals surface area contributed by atoms with Crippen molar-refractivity contribution in [2.45, 2.75) is 25.0 Å². The van der Waals surface area contributed by atoms with E-state index in [-0.39, 0.29) is 17.6 Å². The maximum atomic E-state index is 12.5. The molecular formula is C28H28N4O4S. The van der Waals surface area contributed by atoms with E-state index in [1.54, 1.807) is 42.9 Å². The molecule has 0 saturated carbocycles. The summed E-state index contributed by atoms with van der Waals surface area (Å²) in [6.45, 7) is 2.10. The fraction of sp³-hybridized carbons (Fsp3) is 0.214. The number of hydrogen-bond donors (Lipinski definition) is 1. The van der Waals surface area contributed by atoms with Crippen LogP contribution in [0.4, 0.5) is 5.69 Å². The Morgan fingerprint density at radius 3 is 2.59 bits per heavy atom. The molecule has 9 heteroatoms. The number of amides is 1. The number of sulfone groups is 1. The van der Waals surface area contributed by atoms with Crippen LogP contribution < -0.4 is 10.1 Å². The van der Waals surface area contributed by atoms with Gasteiger partial charge in [-0.2, -0.15) is 0 Å². The van der Waals surface area contributed by atoms with Crippen LogP contribution in [0, 0.1) is 0 Å². The molecule has 0 aliphatic heterocycles. The predicted molar refractivity (Wildman–Crippen MR) is 143 cm³/mol. The van der Waals surface area contributed by atoms with Crippen molar-refractivity contribution in [3.8, 4) is 17.0 Å². The van der Waals surface area contributed by atoms with Crippen molar-refractivity contribution in [2.24, 2.45) is 0 Å². The molecule has 1 amide bonds. The fourth-order valence-corrected chi connectivity index (χ4v) is 4.81. The van der Waals surface area contributed by atoms with Crippen molar-refractivity contribution in [3.05, 3.63) is 102 Å². The summed E-state index contributed by atoms with van der Waals surface area (Å²) >= 11 is 0. The number of ether oxygens (including phenoxy) is 1. The van der Waals surface area contributed by atoms with E-state index in [4.69, 9.17) is 9.72 Å². The first-order valence-electron chi connectivity index (χ1n) is 11.7. The lowest BCUT2D eigenvalue weighted by molar-refractivity contribution is 0.102. The maximum absolute atomic E-state index is 12.5. The van der Waals surface area contributed by atoms with Crippen molar-refractivity contribution in [2.75, 3.05) is 18.7 Å². The minimum absolute atomic E-state index is 0.0958. The Balaban J connectivity index is 1.49. The number of hydrogen-bond acceptors (Lipinski definition) is 7. The first-order valence-corrected chi connectivity index (χ1v) is 13.7. The highest BCUT2D eigenvalue weighted by atomic mass is 32.2. The monoisotopic (exact) mass is 516 g/mol. The number of anilines is 1. The third-order valence-electron chi connectivity index (χ3n) is 5.84. The van der Waals surface area contributed by atoms with Gasteiger partial charge in [-0.3, -0.25) is 14.8 Å². The molecule has 37 heavy (non-hydrogen) atoms. The zero-order chi connectivity index (χ0) is 26.4. The number of rotatable bonds is 9. The van der Waals surface area contributed by atoms with Gasteiger partial charge in [0.2, 0.25) is 0 Å². The van der Waals surface area contributed by atoms with Crippen LogP contribution in [0.5, 0.6) is 5.75 Å². The minimum atomic E-state index is -3.19. The second-order valence-electron chi connectivity index (χ2n) is 8.92. The highest BCUT2D eigenvalue weighted by Crippen LogP contribution is 2.28.